The van der Waals surface area contributed by atoms with Gasteiger partial charge in [-0.1, -0.05) is 13.3 Å². The van der Waals surface area contributed by atoms with Gasteiger partial charge in [-0.2, -0.15) is 8.42 Å². The van der Waals surface area contributed by atoms with Crippen molar-refractivity contribution in [1.82, 2.24) is 0 Å². The molecule has 0 aliphatic heterocycles. The van der Waals surface area contributed by atoms with Crippen LogP contribution < -0.4 is 5.43 Å². The summed E-state index contributed by atoms with van der Waals surface area (Å²) < 4.78 is 38.4. The second kappa shape index (κ2) is 5.98. The molecule has 0 aliphatic carbocycles. The van der Waals surface area contributed by atoms with Crippen molar-refractivity contribution in [2.24, 2.45) is 0 Å². The molecule has 25 heavy (non-hydrogen) atoms. The van der Waals surface area contributed by atoms with E-state index >= 15 is 0 Å². The number of fused-ring (bicyclic) bond motifs is 2. The summed E-state index contributed by atoms with van der Waals surface area (Å²) in [5, 5.41) is 9.08. The molecule has 2 N–H and O–H groups in total. The molecule has 3 aromatic rings. The van der Waals surface area contributed by atoms with Gasteiger partial charge in [0.1, 0.15) is 10.5 Å². The van der Waals surface area contributed by atoms with Crippen molar-refractivity contribution >= 4 is 38.0 Å². The molecule has 0 saturated carbocycles. The summed E-state index contributed by atoms with van der Waals surface area (Å²) in [7, 11) is -4.60. The number of hydrogen-bond donors (Lipinski definition) is 2. The fourth-order valence-corrected chi connectivity index (χ4v) is 3.43. The average Bonchev–Trinajstić information content (AvgIpc) is 2.54. The molecule has 0 spiro atoms. The van der Waals surface area contributed by atoms with Gasteiger partial charge in [-0.25, -0.2) is 4.79 Å². The number of carboxylic acids is 1. The number of rotatable bonds is 4. The first-order valence-electron chi connectivity index (χ1n) is 7.46. The van der Waals surface area contributed by atoms with E-state index in [2.05, 4.69) is 0 Å². The highest BCUT2D eigenvalue weighted by Crippen LogP contribution is 2.27. The largest absolute Gasteiger partial charge is 0.478 e. The summed E-state index contributed by atoms with van der Waals surface area (Å²) in [6.45, 7) is 1.89. The van der Waals surface area contributed by atoms with Crippen molar-refractivity contribution in [3.05, 3.63) is 51.7 Å². The average molecular weight is 362 g/mol. The van der Waals surface area contributed by atoms with Gasteiger partial charge in [0, 0.05) is 0 Å². The van der Waals surface area contributed by atoms with Gasteiger partial charge in [0.2, 0.25) is 5.43 Å². The summed E-state index contributed by atoms with van der Waals surface area (Å²) in [5.41, 5.74) is -0.289. The molecule has 130 valence electrons. The van der Waals surface area contributed by atoms with Crippen LogP contribution in [0.4, 0.5) is 0 Å². The fraction of sp³-hybridized carbons (Fsp3) is 0.176. The highest BCUT2D eigenvalue weighted by atomic mass is 32.2. The van der Waals surface area contributed by atoms with E-state index in [1.54, 1.807) is 0 Å². The van der Waals surface area contributed by atoms with Crippen LogP contribution in [0.5, 0.6) is 0 Å². The van der Waals surface area contributed by atoms with E-state index in [0.717, 1.165) is 0 Å². The lowest BCUT2D eigenvalue weighted by molar-refractivity contribution is 0.0697. The van der Waals surface area contributed by atoms with Gasteiger partial charge in [-0.3, -0.25) is 9.35 Å². The monoisotopic (exact) mass is 362 g/mol. The molecule has 0 amide bonds. The van der Waals surface area contributed by atoms with E-state index in [4.69, 9.17) is 9.52 Å². The molecule has 7 nitrogen and oxygen atoms in total. The quantitative estimate of drug-likeness (QED) is 0.540. The van der Waals surface area contributed by atoms with Gasteiger partial charge < -0.3 is 9.52 Å². The summed E-state index contributed by atoms with van der Waals surface area (Å²) in [5.74, 6) is -1.19. The van der Waals surface area contributed by atoms with Crippen LogP contribution in [0.3, 0.4) is 0 Å². The number of hydrogen-bond acceptors (Lipinski definition) is 5. The van der Waals surface area contributed by atoms with Crippen LogP contribution in [0.2, 0.25) is 0 Å². The second-order valence-electron chi connectivity index (χ2n) is 5.64. The highest BCUT2D eigenvalue weighted by Gasteiger charge is 2.21. The van der Waals surface area contributed by atoms with Crippen LogP contribution in [0.15, 0.2) is 44.4 Å². The third kappa shape index (κ3) is 3.01. The van der Waals surface area contributed by atoms with E-state index in [0.29, 0.717) is 18.4 Å². The Morgan fingerprint density at radius 1 is 1.16 bits per heavy atom. The predicted octanol–water partition coefficient (Wildman–Crippen LogP) is 2.84. The predicted molar refractivity (Wildman–Crippen MR) is 90.8 cm³/mol. The first kappa shape index (κ1) is 17.1. The molecule has 0 unspecified atom stereocenters. The van der Waals surface area contributed by atoms with Gasteiger partial charge in [0.05, 0.1) is 16.3 Å². The number of aromatic carboxylic acids is 1. The Labute approximate surface area is 142 Å². The molecule has 1 heterocycles. The molecule has 3 rings (SSSR count). The molecule has 0 fully saturated rings. The number of aryl methyl sites for hydroxylation is 1. The molecule has 0 bridgehead atoms. The van der Waals surface area contributed by atoms with E-state index in [1.165, 1.54) is 30.3 Å². The zero-order valence-electron chi connectivity index (χ0n) is 13.1. The maximum absolute atomic E-state index is 12.8. The SMILES string of the molecule is CCCc1cc(S(=O)(=O)O)c2oc3ccc(C(=O)O)cc3c(=O)c2c1. The Bertz CT molecular complexity index is 1170. The number of carbonyl (C=O) groups is 1. The molecule has 8 heteroatoms. The minimum absolute atomic E-state index is 0.0198. The number of benzene rings is 2. The Morgan fingerprint density at radius 3 is 2.48 bits per heavy atom. The summed E-state index contributed by atoms with van der Waals surface area (Å²) in [4.78, 5) is 23.4. The molecule has 0 saturated heterocycles. The summed E-state index contributed by atoms with van der Waals surface area (Å²) >= 11 is 0. The van der Waals surface area contributed by atoms with Gasteiger partial charge in [-0.05, 0) is 42.3 Å². The molecule has 1 aromatic heterocycles. The lowest BCUT2D eigenvalue weighted by Crippen LogP contribution is -2.08. The molecule has 0 atom stereocenters. The lowest BCUT2D eigenvalue weighted by Gasteiger charge is -2.08. The fourth-order valence-electron chi connectivity index (χ4n) is 2.74. The molecule has 2 aromatic carbocycles. The van der Waals surface area contributed by atoms with Crippen molar-refractivity contribution in [2.45, 2.75) is 24.7 Å². The Balaban J connectivity index is 2.50. The van der Waals surface area contributed by atoms with E-state index in [-0.39, 0.29) is 27.5 Å². The smallest absolute Gasteiger partial charge is 0.335 e. The minimum atomic E-state index is -4.60. The first-order valence-corrected chi connectivity index (χ1v) is 8.90. The van der Waals surface area contributed by atoms with Crippen LogP contribution in [-0.2, 0) is 16.5 Å². The highest BCUT2D eigenvalue weighted by molar-refractivity contribution is 7.86. The van der Waals surface area contributed by atoms with Crippen LogP contribution in [0.25, 0.3) is 21.9 Å². The zero-order valence-corrected chi connectivity index (χ0v) is 14.0. The summed E-state index contributed by atoms with van der Waals surface area (Å²) in [6.07, 6.45) is 1.21. The van der Waals surface area contributed by atoms with Crippen molar-refractivity contribution in [3.8, 4) is 0 Å². The standard InChI is InChI=1S/C17H14O7S/c1-2-3-9-6-12-15(18)11-8-10(17(19)20)4-5-13(11)24-16(12)14(7-9)25(21,22)23/h4-8H,2-3H2,1H3,(H,19,20)(H,21,22,23). The van der Waals surface area contributed by atoms with E-state index in [9.17, 15) is 22.6 Å². The maximum Gasteiger partial charge on any atom is 0.335 e. The molecular formula is C17H14O7S. The van der Waals surface area contributed by atoms with Crippen LogP contribution in [-0.4, -0.2) is 24.0 Å². The second-order valence-corrected chi connectivity index (χ2v) is 7.03. The van der Waals surface area contributed by atoms with Crippen LogP contribution in [0.1, 0.15) is 29.3 Å². The zero-order chi connectivity index (χ0) is 18.4. The Kier molecular flexibility index (Phi) is 4.09. The molecule has 0 aliphatic rings. The van der Waals surface area contributed by atoms with Crippen LogP contribution in [0, 0.1) is 0 Å². The normalized spacial score (nSPS) is 11.9. The van der Waals surface area contributed by atoms with E-state index in [1.807, 2.05) is 6.92 Å². The Morgan fingerprint density at radius 2 is 1.88 bits per heavy atom. The van der Waals surface area contributed by atoms with Gasteiger partial charge in [-0.15, -0.1) is 0 Å². The Hall–Kier alpha value is -2.71. The van der Waals surface area contributed by atoms with Gasteiger partial charge in [0.25, 0.3) is 10.1 Å². The molecule has 0 radical (unpaired) electrons. The third-order valence-corrected chi connectivity index (χ3v) is 4.72. The van der Waals surface area contributed by atoms with Crippen molar-refractivity contribution in [1.29, 1.82) is 0 Å². The number of carboxylic acid groups (broad SMARTS) is 1. The van der Waals surface area contributed by atoms with E-state index < -0.39 is 26.4 Å². The molecular weight excluding hydrogens is 348 g/mol. The lowest BCUT2D eigenvalue weighted by atomic mass is 10.0. The third-order valence-electron chi connectivity index (χ3n) is 3.86. The van der Waals surface area contributed by atoms with Crippen molar-refractivity contribution in [2.75, 3.05) is 0 Å². The van der Waals surface area contributed by atoms with Crippen molar-refractivity contribution < 1.29 is 27.3 Å². The van der Waals surface area contributed by atoms with Crippen molar-refractivity contribution in [3.63, 3.8) is 0 Å². The minimum Gasteiger partial charge on any atom is -0.478 e. The summed E-state index contributed by atoms with van der Waals surface area (Å²) in [6, 6.07) is 6.50. The van der Waals surface area contributed by atoms with Crippen LogP contribution >= 0.6 is 0 Å². The first-order chi connectivity index (χ1) is 11.7. The maximum atomic E-state index is 12.8. The topological polar surface area (TPSA) is 122 Å². The van der Waals surface area contributed by atoms with Gasteiger partial charge in [0.15, 0.2) is 5.58 Å². The van der Waals surface area contributed by atoms with Gasteiger partial charge >= 0.3 is 5.97 Å².